The molecule has 0 bridgehead atoms. The van der Waals surface area contributed by atoms with Crippen molar-refractivity contribution in [1.29, 1.82) is 0 Å². The van der Waals surface area contributed by atoms with Crippen molar-refractivity contribution >= 4 is 5.91 Å². The minimum atomic E-state index is -0.00597. The van der Waals surface area contributed by atoms with Crippen LogP contribution in [0.15, 0.2) is 43.2 Å². The molecule has 2 aromatic heterocycles. The van der Waals surface area contributed by atoms with Crippen LogP contribution in [0.1, 0.15) is 63.7 Å². The molecule has 2 saturated carbocycles. The Bertz CT molecular complexity index is 832. The third-order valence-corrected chi connectivity index (χ3v) is 8.09. The van der Waals surface area contributed by atoms with Gasteiger partial charge in [-0.2, -0.15) is 0 Å². The van der Waals surface area contributed by atoms with Crippen LogP contribution in [0.25, 0.3) is 0 Å². The van der Waals surface area contributed by atoms with Gasteiger partial charge in [0.05, 0.1) is 11.9 Å². The molecule has 5 nitrogen and oxygen atoms in total. The number of nitrogens with zero attached hydrogens (tertiary/aromatic N) is 3. The predicted molar refractivity (Wildman–Crippen MR) is 114 cm³/mol. The Hall–Kier alpha value is -2.17. The van der Waals surface area contributed by atoms with Gasteiger partial charge < -0.3 is 9.88 Å². The predicted octanol–water partition coefficient (Wildman–Crippen LogP) is 4.57. The summed E-state index contributed by atoms with van der Waals surface area (Å²) >= 11 is 0. The Morgan fingerprint density at radius 1 is 1.24 bits per heavy atom. The number of carbonyl (C=O) groups excluding carboxylic acids is 1. The summed E-state index contributed by atoms with van der Waals surface area (Å²) in [7, 11) is 0. The SMILES string of the molecule is CC1C(NC(=O)c2cccnc2)CC2C(C)(C)CCCC2(C)C1Cn1ccnc1. The van der Waals surface area contributed by atoms with Crippen LogP contribution in [0.4, 0.5) is 0 Å². The van der Waals surface area contributed by atoms with E-state index in [1.165, 1.54) is 19.3 Å². The Kier molecular flexibility index (Phi) is 5.26. The van der Waals surface area contributed by atoms with Crippen molar-refractivity contribution in [3.63, 3.8) is 0 Å². The highest BCUT2D eigenvalue weighted by Crippen LogP contribution is 2.61. The summed E-state index contributed by atoms with van der Waals surface area (Å²) < 4.78 is 2.22. The molecule has 29 heavy (non-hydrogen) atoms. The van der Waals surface area contributed by atoms with Gasteiger partial charge >= 0.3 is 0 Å². The third kappa shape index (κ3) is 3.72. The van der Waals surface area contributed by atoms with Crippen LogP contribution in [0.3, 0.4) is 0 Å². The molecule has 2 aliphatic rings. The second-order valence-electron chi connectivity index (χ2n) is 10.2. The molecule has 4 rings (SSSR count). The van der Waals surface area contributed by atoms with Crippen molar-refractivity contribution < 1.29 is 4.79 Å². The Morgan fingerprint density at radius 3 is 2.76 bits per heavy atom. The average Bonchev–Trinajstić information content (AvgIpc) is 3.20. The van der Waals surface area contributed by atoms with Crippen LogP contribution >= 0.6 is 0 Å². The summed E-state index contributed by atoms with van der Waals surface area (Å²) in [6.07, 6.45) is 14.1. The van der Waals surface area contributed by atoms with Crippen LogP contribution < -0.4 is 5.32 Å². The molecule has 2 heterocycles. The van der Waals surface area contributed by atoms with Crippen LogP contribution in [0.2, 0.25) is 0 Å². The summed E-state index contributed by atoms with van der Waals surface area (Å²) in [5.74, 6) is 1.48. The maximum Gasteiger partial charge on any atom is 0.253 e. The zero-order valence-electron chi connectivity index (χ0n) is 18.1. The number of amides is 1. The van der Waals surface area contributed by atoms with Gasteiger partial charge in [0.15, 0.2) is 0 Å². The van der Waals surface area contributed by atoms with E-state index in [0.717, 1.165) is 13.0 Å². The molecule has 1 amide bonds. The molecule has 0 aromatic carbocycles. The van der Waals surface area contributed by atoms with E-state index in [9.17, 15) is 4.79 Å². The van der Waals surface area contributed by atoms with E-state index in [4.69, 9.17) is 0 Å². The van der Waals surface area contributed by atoms with E-state index in [-0.39, 0.29) is 22.8 Å². The number of rotatable bonds is 4. The Labute approximate surface area is 174 Å². The van der Waals surface area contributed by atoms with Gasteiger partial charge in [-0.25, -0.2) is 4.98 Å². The minimum Gasteiger partial charge on any atom is -0.349 e. The fraction of sp³-hybridized carbons (Fsp3) is 0.625. The first-order chi connectivity index (χ1) is 13.8. The zero-order chi connectivity index (χ0) is 20.6. The number of carbonyl (C=O) groups is 1. The largest absolute Gasteiger partial charge is 0.349 e. The van der Waals surface area contributed by atoms with Crippen LogP contribution in [0.5, 0.6) is 0 Å². The summed E-state index contributed by atoms with van der Waals surface area (Å²) in [5, 5.41) is 3.38. The number of fused-ring (bicyclic) bond motifs is 1. The fourth-order valence-electron chi connectivity index (χ4n) is 6.48. The zero-order valence-corrected chi connectivity index (χ0v) is 18.1. The number of hydrogen-bond acceptors (Lipinski definition) is 3. The van der Waals surface area contributed by atoms with E-state index in [2.05, 4.69) is 53.7 Å². The van der Waals surface area contributed by atoms with E-state index < -0.39 is 0 Å². The van der Waals surface area contributed by atoms with E-state index in [1.54, 1.807) is 12.4 Å². The molecule has 0 spiro atoms. The second-order valence-corrected chi connectivity index (χ2v) is 10.2. The van der Waals surface area contributed by atoms with Crippen molar-refractivity contribution in [2.75, 3.05) is 0 Å². The molecule has 5 unspecified atom stereocenters. The maximum atomic E-state index is 12.9. The molecule has 2 fully saturated rings. The van der Waals surface area contributed by atoms with Gasteiger partial charge in [0.1, 0.15) is 0 Å². The lowest BCUT2D eigenvalue weighted by Crippen LogP contribution is -2.59. The quantitative estimate of drug-likeness (QED) is 0.827. The van der Waals surface area contributed by atoms with Crippen molar-refractivity contribution in [2.45, 2.75) is 66.0 Å². The van der Waals surface area contributed by atoms with Crippen LogP contribution in [-0.4, -0.2) is 26.5 Å². The van der Waals surface area contributed by atoms with Crippen molar-refractivity contribution in [1.82, 2.24) is 19.9 Å². The van der Waals surface area contributed by atoms with Crippen molar-refractivity contribution in [3.8, 4) is 0 Å². The topological polar surface area (TPSA) is 59.8 Å². The molecule has 2 aromatic rings. The lowest BCUT2D eigenvalue weighted by Gasteiger charge is -2.61. The van der Waals surface area contributed by atoms with Crippen LogP contribution in [-0.2, 0) is 6.54 Å². The molecular weight excluding hydrogens is 360 g/mol. The molecule has 1 N–H and O–H groups in total. The molecule has 156 valence electrons. The number of pyridine rings is 1. The van der Waals surface area contributed by atoms with Gasteiger partial charge in [-0.3, -0.25) is 9.78 Å². The second kappa shape index (κ2) is 7.58. The molecule has 0 saturated heterocycles. The van der Waals surface area contributed by atoms with Gasteiger partial charge in [-0.1, -0.05) is 34.1 Å². The van der Waals surface area contributed by atoms with E-state index in [1.807, 2.05) is 24.7 Å². The third-order valence-electron chi connectivity index (χ3n) is 8.09. The Balaban J connectivity index is 1.64. The van der Waals surface area contributed by atoms with Crippen LogP contribution in [0, 0.1) is 28.6 Å². The first kappa shape index (κ1) is 20.1. The normalized spacial score (nSPS) is 33.7. The number of nitrogens with one attached hydrogen (secondary N) is 1. The number of aromatic nitrogens is 3. The summed E-state index contributed by atoms with van der Waals surface area (Å²) in [6, 6.07) is 3.84. The summed E-state index contributed by atoms with van der Waals surface area (Å²) in [5.41, 5.74) is 1.21. The number of imidazole rings is 1. The molecule has 0 aliphatic heterocycles. The highest BCUT2D eigenvalue weighted by Gasteiger charge is 2.56. The molecule has 0 radical (unpaired) electrons. The summed E-state index contributed by atoms with van der Waals surface area (Å²) in [4.78, 5) is 21.3. The van der Waals surface area contributed by atoms with Crippen molar-refractivity contribution in [2.24, 2.45) is 28.6 Å². The van der Waals surface area contributed by atoms with Crippen molar-refractivity contribution in [3.05, 3.63) is 48.8 Å². The lowest BCUT2D eigenvalue weighted by molar-refractivity contribution is -0.109. The van der Waals surface area contributed by atoms with Gasteiger partial charge in [0, 0.05) is 37.4 Å². The standard InChI is InChI=1S/C24H34N4O/c1-17-19(15-28-12-11-26-16-28)24(4)9-6-8-23(2,3)21(24)13-20(17)27-22(29)18-7-5-10-25-14-18/h5,7,10-12,14,16-17,19-21H,6,8-9,13,15H2,1-4H3,(H,27,29). The molecular formula is C24H34N4O. The summed E-state index contributed by atoms with van der Waals surface area (Å²) in [6.45, 7) is 10.7. The highest BCUT2D eigenvalue weighted by atomic mass is 16.1. The number of hydrogen-bond donors (Lipinski definition) is 1. The lowest BCUT2D eigenvalue weighted by atomic mass is 9.45. The van der Waals surface area contributed by atoms with E-state index >= 15 is 0 Å². The first-order valence-electron chi connectivity index (χ1n) is 11.0. The monoisotopic (exact) mass is 394 g/mol. The van der Waals surface area contributed by atoms with E-state index in [0.29, 0.717) is 23.3 Å². The first-order valence-corrected chi connectivity index (χ1v) is 11.0. The highest BCUT2D eigenvalue weighted by molar-refractivity contribution is 5.94. The molecule has 5 atom stereocenters. The molecule has 5 heteroatoms. The minimum absolute atomic E-state index is 0.00597. The van der Waals surface area contributed by atoms with Gasteiger partial charge in [0.2, 0.25) is 0 Å². The smallest absolute Gasteiger partial charge is 0.253 e. The fourth-order valence-corrected chi connectivity index (χ4v) is 6.48. The average molecular weight is 395 g/mol. The van der Waals surface area contributed by atoms with Gasteiger partial charge in [0.25, 0.3) is 5.91 Å². The Morgan fingerprint density at radius 2 is 2.07 bits per heavy atom. The van der Waals surface area contributed by atoms with Gasteiger partial charge in [-0.15, -0.1) is 0 Å². The van der Waals surface area contributed by atoms with Gasteiger partial charge in [-0.05, 0) is 60.0 Å². The molecule has 2 aliphatic carbocycles. The maximum absolute atomic E-state index is 12.9.